The Morgan fingerprint density at radius 3 is 2.28 bits per heavy atom. The first-order chi connectivity index (χ1) is 8.29. The number of hydrogen-bond donors (Lipinski definition) is 3. The van der Waals surface area contributed by atoms with Crippen molar-refractivity contribution in [2.24, 2.45) is 17.6 Å². The minimum Gasteiger partial charge on any atom is -0.391 e. The molecule has 1 radical (unpaired) electrons. The molecule has 3 atom stereocenters. The van der Waals surface area contributed by atoms with E-state index in [4.69, 9.17) is 5.73 Å². The lowest BCUT2D eigenvalue weighted by Crippen LogP contribution is -2.51. The van der Waals surface area contributed by atoms with Gasteiger partial charge in [0.2, 0.25) is 12.2 Å². The first kappa shape index (κ1) is 17.1. The molecular weight excluding hydrogens is 232 g/mol. The molecule has 0 fully saturated rings. The van der Waals surface area contributed by atoms with Crippen molar-refractivity contribution >= 4 is 12.2 Å². The van der Waals surface area contributed by atoms with Gasteiger partial charge in [-0.05, 0) is 18.3 Å². The van der Waals surface area contributed by atoms with Crippen LogP contribution in [0.4, 0.5) is 0 Å². The van der Waals surface area contributed by atoms with E-state index < -0.39 is 18.2 Å². The predicted octanol–water partition coefficient (Wildman–Crippen LogP) is 0.361. The van der Waals surface area contributed by atoms with Crippen molar-refractivity contribution in [2.45, 2.75) is 58.7 Å². The lowest BCUT2D eigenvalue weighted by molar-refractivity contribution is -0.125. The van der Waals surface area contributed by atoms with Crippen LogP contribution in [0.15, 0.2) is 0 Å². The highest BCUT2D eigenvalue weighted by Crippen LogP contribution is 2.11. The molecule has 0 aliphatic carbocycles. The zero-order valence-electron chi connectivity index (χ0n) is 11.6. The van der Waals surface area contributed by atoms with Crippen LogP contribution in [0.5, 0.6) is 0 Å². The average molecular weight is 257 g/mol. The van der Waals surface area contributed by atoms with Gasteiger partial charge in [0.25, 0.3) is 0 Å². The Morgan fingerprint density at radius 1 is 1.33 bits per heavy atom. The lowest BCUT2D eigenvalue weighted by Gasteiger charge is -2.26. The smallest absolute Gasteiger partial charge is 0.237 e. The van der Waals surface area contributed by atoms with Gasteiger partial charge in [0, 0.05) is 6.42 Å². The van der Waals surface area contributed by atoms with E-state index in [1.54, 1.807) is 6.29 Å². The summed E-state index contributed by atoms with van der Waals surface area (Å²) in [6.45, 7) is 7.69. The minimum atomic E-state index is -0.909. The molecule has 5 heteroatoms. The van der Waals surface area contributed by atoms with Crippen LogP contribution in [0.2, 0.25) is 0 Å². The highest BCUT2D eigenvalue weighted by Gasteiger charge is 2.25. The van der Waals surface area contributed by atoms with Crippen LogP contribution >= 0.6 is 0 Å². The van der Waals surface area contributed by atoms with E-state index in [1.165, 1.54) is 0 Å². The highest BCUT2D eigenvalue weighted by molar-refractivity contribution is 5.82. The summed E-state index contributed by atoms with van der Waals surface area (Å²) >= 11 is 0. The maximum atomic E-state index is 11.8. The molecule has 0 aliphatic heterocycles. The number of carbonyl (C=O) groups is 1. The Kier molecular flexibility index (Phi) is 7.78. The average Bonchev–Trinajstić information content (AvgIpc) is 2.26. The van der Waals surface area contributed by atoms with Gasteiger partial charge in [-0.2, -0.15) is 0 Å². The van der Waals surface area contributed by atoms with E-state index in [0.717, 1.165) is 0 Å². The van der Waals surface area contributed by atoms with Crippen molar-refractivity contribution in [3.8, 4) is 0 Å². The van der Waals surface area contributed by atoms with Crippen molar-refractivity contribution in [3.63, 3.8) is 0 Å². The number of nitrogens with one attached hydrogen (secondary N) is 1. The molecule has 0 aromatic carbocycles. The molecule has 4 N–H and O–H groups in total. The van der Waals surface area contributed by atoms with Gasteiger partial charge in [-0.1, -0.05) is 27.7 Å². The van der Waals surface area contributed by atoms with Crippen LogP contribution < -0.4 is 11.1 Å². The third-order valence-electron chi connectivity index (χ3n) is 2.83. The topological polar surface area (TPSA) is 92.4 Å². The van der Waals surface area contributed by atoms with Gasteiger partial charge in [0.1, 0.15) is 0 Å². The van der Waals surface area contributed by atoms with Gasteiger partial charge in [0.05, 0.1) is 18.2 Å². The highest BCUT2D eigenvalue weighted by atomic mass is 16.3. The van der Waals surface area contributed by atoms with Gasteiger partial charge >= 0.3 is 0 Å². The molecule has 2 unspecified atom stereocenters. The number of aliphatic hydroxyl groups is 1. The zero-order chi connectivity index (χ0) is 14.3. The number of aliphatic hydroxyl groups excluding tert-OH is 1. The van der Waals surface area contributed by atoms with Gasteiger partial charge in [0.15, 0.2) is 0 Å². The number of carbonyl (C=O) groups excluding carboxylic acids is 2. The van der Waals surface area contributed by atoms with E-state index in [-0.39, 0.29) is 18.2 Å². The molecule has 0 aliphatic rings. The Bertz CT molecular complexity index is 267. The van der Waals surface area contributed by atoms with Crippen LogP contribution in [0.3, 0.4) is 0 Å². The molecule has 0 spiro atoms. The SMILES string of the molecule is CC(C)CC(NC(=O)[C@@H](N)C(C)C)C(O)C[C]=O. The van der Waals surface area contributed by atoms with Crippen molar-refractivity contribution in [3.05, 3.63) is 0 Å². The van der Waals surface area contributed by atoms with Crippen LogP contribution in [0.1, 0.15) is 40.5 Å². The predicted molar refractivity (Wildman–Crippen MR) is 70.5 cm³/mol. The normalized spacial score (nSPS) is 16.4. The van der Waals surface area contributed by atoms with Crippen LogP contribution in [0, 0.1) is 11.8 Å². The maximum absolute atomic E-state index is 11.8. The van der Waals surface area contributed by atoms with Crippen molar-refractivity contribution in [1.29, 1.82) is 0 Å². The number of nitrogens with two attached hydrogens (primary N) is 1. The van der Waals surface area contributed by atoms with E-state index >= 15 is 0 Å². The molecule has 18 heavy (non-hydrogen) atoms. The molecule has 0 bridgehead atoms. The lowest BCUT2D eigenvalue weighted by atomic mass is 9.96. The molecule has 0 aromatic heterocycles. The Hall–Kier alpha value is -0.940. The zero-order valence-corrected chi connectivity index (χ0v) is 11.6. The van der Waals surface area contributed by atoms with Gasteiger partial charge in [-0.3, -0.25) is 9.59 Å². The molecule has 0 rings (SSSR count). The van der Waals surface area contributed by atoms with Crippen molar-refractivity contribution in [1.82, 2.24) is 5.32 Å². The fourth-order valence-electron chi connectivity index (χ4n) is 1.63. The first-order valence-electron chi connectivity index (χ1n) is 6.38. The molecular formula is C13H25N2O3. The number of amides is 1. The van der Waals surface area contributed by atoms with Crippen molar-refractivity contribution < 1.29 is 14.7 Å². The molecule has 0 saturated carbocycles. The second-order valence-corrected chi connectivity index (χ2v) is 5.43. The summed E-state index contributed by atoms with van der Waals surface area (Å²) < 4.78 is 0. The summed E-state index contributed by atoms with van der Waals surface area (Å²) in [4.78, 5) is 22.2. The first-order valence-corrected chi connectivity index (χ1v) is 6.38. The summed E-state index contributed by atoms with van der Waals surface area (Å²) in [5.74, 6) is 0.0342. The summed E-state index contributed by atoms with van der Waals surface area (Å²) in [6, 6.07) is -1.06. The number of hydrogen-bond acceptors (Lipinski definition) is 4. The van der Waals surface area contributed by atoms with Crippen LogP contribution in [-0.4, -0.2) is 35.5 Å². The fraction of sp³-hybridized carbons (Fsp3) is 0.846. The minimum absolute atomic E-state index is 0.0273. The third kappa shape index (κ3) is 6.12. The summed E-state index contributed by atoms with van der Waals surface area (Å²) in [5, 5.41) is 12.5. The Labute approximate surface area is 109 Å². The summed E-state index contributed by atoms with van der Waals surface area (Å²) in [7, 11) is 0. The van der Waals surface area contributed by atoms with Crippen LogP contribution in [0.25, 0.3) is 0 Å². The number of rotatable bonds is 8. The summed E-state index contributed by atoms with van der Waals surface area (Å²) in [6.07, 6.45) is 1.25. The Morgan fingerprint density at radius 2 is 1.89 bits per heavy atom. The second kappa shape index (κ2) is 8.21. The molecule has 105 valence electrons. The fourth-order valence-corrected chi connectivity index (χ4v) is 1.63. The molecule has 5 nitrogen and oxygen atoms in total. The van der Waals surface area contributed by atoms with E-state index in [9.17, 15) is 14.7 Å². The second-order valence-electron chi connectivity index (χ2n) is 5.43. The van der Waals surface area contributed by atoms with Gasteiger partial charge < -0.3 is 16.2 Å². The van der Waals surface area contributed by atoms with Gasteiger partial charge in [-0.25, -0.2) is 0 Å². The largest absolute Gasteiger partial charge is 0.391 e. The van der Waals surface area contributed by atoms with Gasteiger partial charge in [-0.15, -0.1) is 0 Å². The van der Waals surface area contributed by atoms with E-state index in [1.807, 2.05) is 27.7 Å². The van der Waals surface area contributed by atoms with E-state index in [2.05, 4.69) is 5.32 Å². The van der Waals surface area contributed by atoms with Crippen LogP contribution in [-0.2, 0) is 9.59 Å². The monoisotopic (exact) mass is 257 g/mol. The standard InChI is InChI=1S/C13H25N2O3/c1-8(2)7-10(11(17)5-6-16)15-13(18)12(14)9(3)4/h8-12,17H,5,7,14H2,1-4H3,(H,15,18)/t10?,11?,12-/m0/s1. The van der Waals surface area contributed by atoms with E-state index in [0.29, 0.717) is 12.3 Å². The molecule has 0 saturated heterocycles. The molecule has 0 heterocycles. The summed E-state index contributed by atoms with van der Waals surface area (Å²) in [5.41, 5.74) is 5.74. The third-order valence-corrected chi connectivity index (χ3v) is 2.83. The quantitative estimate of drug-likeness (QED) is 0.585. The Balaban J connectivity index is 4.57. The maximum Gasteiger partial charge on any atom is 0.237 e. The molecule has 1 amide bonds. The molecule has 0 aromatic rings. The van der Waals surface area contributed by atoms with Crippen molar-refractivity contribution in [2.75, 3.05) is 0 Å².